The molecule has 3 rings (SSSR count). The van der Waals surface area contributed by atoms with Gasteiger partial charge < -0.3 is 9.47 Å². The van der Waals surface area contributed by atoms with Crippen molar-refractivity contribution < 1.29 is 27.5 Å². The number of ether oxygens (including phenoxy) is 2. The van der Waals surface area contributed by atoms with Crippen molar-refractivity contribution in [3.8, 4) is 5.75 Å². The molecule has 1 heterocycles. The van der Waals surface area contributed by atoms with E-state index in [0.717, 1.165) is 5.56 Å². The largest absolute Gasteiger partial charge is 0.496 e. The van der Waals surface area contributed by atoms with E-state index in [9.17, 15) is 18.0 Å². The van der Waals surface area contributed by atoms with Gasteiger partial charge in [-0.15, -0.1) is 0 Å². The molecule has 0 N–H and O–H groups in total. The number of hydrogen-bond acceptors (Lipinski definition) is 6. The maximum absolute atomic E-state index is 12.5. The normalized spacial score (nSPS) is 13.6. The number of hydrogen-bond donors (Lipinski definition) is 0. The van der Waals surface area contributed by atoms with Crippen LogP contribution in [0.1, 0.15) is 32.7 Å². The lowest BCUT2D eigenvalue weighted by molar-refractivity contribution is 0.0471. The number of benzene rings is 2. The van der Waals surface area contributed by atoms with Gasteiger partial charge in [0, 0.05) is 12.1 Å². The number of ketones is 1. The summed E-state index contributed by atoms with van der Waals surface area (Å²) in [5.41, 5.74) is 2.00. The molecule has 7 nitrogen and oxygen atoms in total. The summed E-state index contributed by atoms with van der Waals surface area (Å²) in [6.07, 6.45) is 2.53. The van der Waals surface area contributed by atoms with Gasteiger partial charge in [0.2, 0.25) is 10.0 Å². The number of carbonyl (C=O) groups is 2. The van der Waals surface area contributed by atoms with Gasteiger partial charge in [-0.05, 0) is 48.7 Å². The maximum atomic E-state index is 12.5. The van der Waals surface area contributed by atoms with E-state index in [2.05, 4.69) is 0 Å². The van der Waals surface area contributed by atoms with Crippen LogP contribution in [0.15, 0.2) is 42.5 Å². The summed E-state index contributed by atoms with van der Waals surface area (Å²) in [5.74, 6) is -0.635. The van der Waals surface area contributed by atoms with Crippen LogP contribution in [0.2, 0.25) is 0 Å². The molecule has 0 radical (unpaired) electrons. The second-order valence-corrected chi connectivity index (χ2v) is 8.39. The predicted molar refractivity (Wildman–Crippen MR) is 105 cm³/mol. The van der Waals surface area contributed by atoms with Crippen molar-refractivity contribution in [3.63, 3.8) is 0 Å². The minimum Gasteiger partial charge on any atom is -0.496 e. The van der Waals surface area contributed by atoms with Gasteiger partial charge in [-0.2, -0.15) is 0 Å². The number of nitrogens with zero attached hydrogens (tertiary/aromatic N) is 1. The van der Waals surface area contributed by atoms with Gasteiger partial charge >= 0.3 is 5.97 Å². The zero-order valence-corrected chi connectivity index (χ0v) is 16.5. The molecule has 0 bridgehead atoms. The molecule has 8 heteroatoms. The number of fused-ring (bicyclic) bond motifs is 1. The van der Waals surface area contributed by atoms with Gasteiger partial charge in [-0.1, -0.05) is 12.1 Å². The SMILES string of the molecule is COc1ccccc1C(=O)OCC(=O)c1ccc2c(c1)CCCN2S(C)(=O)=O. The number of methoxy groups -OCH3 is 1. The van der Waals surface area contributed by atoms with E-state index in [1.807, 2.05) is 0 Å². The van der Waals surface area contributed by atoms with Crippen LogP contribution < -0.4 is 9.04 Å². The number of carbonyl (C=O) groups excluding carboxylic acids is 2. The highest BCUT2D eigenvalue weighted by Crippen LogP contribution is 2.30. The summed E-state index contributed by atoms with van der Waals surface area (Å²) in [6.45, 7) is 0.0150. The molecule has 28 heavy (non-hydrogen) atoms. The summed E-state index contributed by atoms with van der Waals surface area (Å²) in [5, 5.41) is 0. The molecule has 0 fully saturated rings. The van der Waals surface area contributed by atoms with Crippen LogP contribution in [-0.2, 0) is 21.2 Å². The van der Waals surface area contributed by atoms with Crippen LogP contribution in [0.4, 0.5) is 5.69 Å². The summed E-state index contributed by atoms with van der Waals surface area (Å²) in [6, 6.07) is 11.5. The molecule has 2 aromatic rings. The fraction of sp³-hybridized carbons (Fsp3) is 0.300. The molecular weight excluding hydrogens is 382 g/mol. The molecule has 0 unspecified atom stereocenters. The van der Waals surface area contributed by atoms with Gasteiger partial charge in [-0.3, -0.25) is 9.10 Å². The monoisotopic (exact) mass is 403 g/mol. The van der Waals surface area contributed by atoms with Crippen molar-refractivity contribution >= 4 is 27.5 Å². The van der Waals surface area contributed by atoms with Crippen molar-refractivity contribution in [2.45, 2.75) is 12.8 Å². The lowest BCUT2D eigenvalue weighted by Gasteiger charge is -2.29. The van der Waals surface area contributed by atoms with Crippen molar-refractivity contribution in [1.29, 1.82) is 0 Å². The quantitative estimate of drug-likeness (QED) is 0.544. The van der Waals surface area contributed by atoms with E-state index in [-0.39, 0.29) is 11.3 Å². The summed E-state index contributed by atoms with van der Waals surface area (Å²) in [4.78, 5) is 24.7. The molecule has 0 spiro atoms. The molecule has 2 aromatic carbocycles. The fourth-order valence-corrected chi connectivity index (χ4v) is 4.18. The Hall–Kier alpha value is -2.87. The van der Waals surface area contributed by atoms with E-state index in [0.29, 0.717) is 36.4 Å². The lowest BCUT2D eigenvalue weighted by atomic mass is 9.99. The molecule has 0 saturated heterocycles. The van der Waals surface area contributed by atoms with Crippen LogP contribution >= 0.6 is 0 Å². The summed E-state index contributed by atoms with van der Waals surface area (Å²) < 4.78 is 35.4. The molecule has 148 valence electrons. The molecule has 0 atom stereocenters. The molecule has 1 aliphatic heterocycles. The number of sulfonamides is 1. The summed E-state index contributed by atoms with van der Waals surface area (Å²) >= 11 is 0. The number of esters is 1. The number of para-hydroxylation sites is 1. The zero-order chi connectivity index (χ0) is 20.3. The first kappa shape index (κ1) is 19.9. The van der Waals surface area contributed by atoms with E-state index >= 15 is 0 Å². The van der Waals surface area contributed by atoms with Crippen LogP contribution in [0, 0.1) is 0 Å². The second-order valence-electron chi connectivity index (χ2n) is 6.48. The minimum atomic E-state index is -3.36. The molecule has 0 saturated carbocycles. The molecule has 1 aliphatic rings. The fourth-order valence-electron chi connectivity index (χ4n) is 3.19. The van der Waals surface area contributed by atoms with Gasteiger partial charge in [0.1, 0.15) is 11.3 Å². The molecule has 0 aromatic heterocycles. The van der Waals surface area contributed by atoms with Crippen molar-refractivity contribution in [3.05, 3.63) is 59.2 Å². The first-order chi connectivity index (χ1) is 13.3. The molecule has 0 amide bonds. The van der Waals surface area contributed by atoms with Crippen molar-refractivity contribution in [1.82, 2.24) is 0 Å². The maximum Gasteiger partial charge on any atom is 0.342 e. The van der Waals surface area contributed by atoms with E-state index in [1.165, 1.54) is 17.7 Å². The van der Waals surface area contributed by atoms with Crippen molar-refractivity contribution in [2.24, 2.45) is 0 Å². The zero-order valence-electron chi connectivity index (χ0n) is 15.7. The Morgan fingerprint density at radius 3 is 2.61 bits per heavy atom. The third kappa shape index (κ3) is 4.17. The number of Topliss-reactive ketones (excluding diaryl/α,β-unsaturated/α-hetero) is 1. The Balaban J connectivity index is 1.73. The van der Waals surface area contributed by atoms with E-state index < -0.39 is 22.6 Å². The molecular formula is C20H21NO6S. The minimum absolute atomic E-state index is 0.243. The highest BCUT2D eigenvalue weighted by molar-refractivity contribution is 7.92. The number of anilines is 1. The highest BCUT2D eigenvalue weighted by Gasteiger charge is 2.25. The van der Waals surface area contributed by atoms with E-state index in [4.69, 9.17) is 9.47 Å². The predicted octanol–water partition coefficient (Wildman–Crippen LogP) is 2.45. The van der Waals surface area contributed by atoms with Gasteiger partial charge in [0.25, 0.3) is 0 Å². The third-order valence-corrected chi connectivity index (χ3v) is 5.72. The summed E-state index contributed by atoms with van der Waals surface area (Å²) in [7, 11) is -1.92. The number of aryl methyl sites for hydroxylation is 1. The van der Waals surface area contributed by atoms with Crippen LogP contribution in [0.3, 0.4) is 0 Å². The standard InChI is InChI=1S/C20H21NO6S/c1-26-19-8-4-3-7-16(19)20(23)27-13-18(22)15-9-10-17-14(12-15)6-5-11-21(17)28(2,24)25/h3-4,7-10,12H,5-6,11,13H2,1-2H3. The van der Waals surface area contributed by atoms with E-state index in [1.54, 1.807) is 42.5 Å². The first-order valence-corrected chi connectivity index (χ1v) is 10.6. The van der Waals surface area contributed by atoms with Gasteiger partial charge in [0.15, 0.2) is 12.4 Å². The van der Waals surface area contributed by atoms with Crippen LogP contribution in [0.25, 0.3) is 0 Å². The number of rotatable bonds is 6. The third-order valence-electron chi connectivity index (χ3n) is 4.54. The highest BCUT2D eigenvalue weighted by atomic mass is 32.2. The average molecular weight is 403 g/mol. The average Bonchev–Trinajstić information content (AvgIpc) is 2.70. The van der Waals surface area contributed by atoms with Gasteiger partial charge in [-0.25, -0.2) is 13.2 Å². The Morgan fingerprint density at radius 1 is 1.14 bits per heavy atom. The Morgan fingerprint density at radius 2 is 1.89 bits per heavy atom. The molecule has 0 aliphatic carbocycles. The van der Waals surface area contributed by atoms with Gasteiger partial charge in [0.05, 0.1) is 19.1 Å². The topological polar surface area (TPSA) is 90.0 Å². The Kier molecular flexibility index (Phi) is 5.69. The Labute approximate surface area is 163 Å². The van der Waals surface area contributed by atoms with Crippen LogP contribution in [-0.4, -0.2) is 46.7 Å². The smallest absolute Gasteiger partial charge is 0.342 e. The lowest BCUT2D eigenvalue weighted by Crippen LogP contribution is -2.34. The van der Waals surface area contributed by atoms with Crippen LogP contribution in [0.5, 0.6) is 5.75 Å². The second kappa shape index (κ2) is 8.02. The van der Waals surface area contributed by atoms with Crippen molar-refractivity contribution in [2.75, 3.05) is 30.8 Å². The Bertz CT molecular complexity index is 1020. The first-order valence-electron chi connectivity index (χ1n) is 8.75.